The molecule has 0 saturated carbocycles. The van der Waals surface area contributed by atoms with Gasteiger partial charge in [0.05, 0.1) is 16.1 Å². The topological polar surface area (TPSA) is 91.8 Å². The summed E-state index contributed by atoms with van der Waals surface area (Å²) in [4.78, 5) is 51.1. The van der Waals surface area contributed by atoms with Crippen LogP contribution in [0, 0.1) is 25.1 Å². The van der Waals surface area contributed by atoms with Crippen LogP contribution in [0.15, 0.2) is 85.1 Å². The molecule has 3 aliphatic heterocycles. The number of anilines is 3. The number of nitrogens with one attached hydrogen (secondary N) is 1. The fourth-order valence-electron chi connectivity index (χ4n) is 7.65. The molecule has 5 aromatic rings. The Bertz CT molecular complexity index is 2180. The lowest BCUT2D eigenvalue weighted by Crippen LogP contribution is -2.59. The summed E-state index contributed by atoms with van der Waals surface area (Å²) in [6, 6.07) is 23.4. The molecular formula is C42H39FN4O4S. The molecule has 2 aromatic heterocycles. The highest BCUT2D eigenvalue weighted by molar-refractivity contribution is 7.17. The number of carbonyl (C=O) groups excluding carboxylic acids is 3. The Kier molecular flexibility index (Phi) is 8.97. The van der Waals surface area contributed by atoms with E-state index in [2.05, 4.69) is 15.2 Å². The molecule has 2 fully saturated rings. The maximum absolute atomic E-state index is 14.5. The van der Waals surface area contributed by atoms with Crippen LogP contribution in [0.1, 0.15) is 65.5 Å². The zero-order chi connectivity index (χ0) is 36.0. The molecule has 0 radical (unpaired) electrons. The minimum atomic E-state index is -0.370. The third kappa shape index (κ3) is 6.41. The Balaban J connectivity index is 0.976. The Labute approximate surface area is 306 Å². The average Bonchev–Trinajstić information content (AvgIpc) is 3.51. The van der Waals surface area contributed by atoms with Crippen LogP contribution in [-0.2, 0) is 17.6 Å². The molecule has 0 atom stereocenters. The van der Waals surface area contributed by atoms with Crippen LogP contribution in [-0.4, -0.2) is 55.4 Å². The summed E-state index contributed by atoms with van der Waals surface area (Å²) in [5.41, 5.74) is 6.57. The Morgan fingerprint density at radius 3 is 2.50 bits per heavy atom. The summed E-state index contributed by atoms with van der Waals surface area (Å²) < 4.78 is 20.1. The summed E-state index contributed by atoms with van der Waals surface area (Å²) in [5.74, 6) is -0.200. The zero-order valence-corrected chi connectivity index (χ0v) is 30.0. The van der Waals surface area contributed by atoms with Gasteiger partial charge in [0.1, 0.15) is 11.6 Å². The van der Waals surface area contributed by atoms with Crippen molar-refractivity contribution in [1.82, 2.24) is 4.98 Å². The normalized spacial score (nSPS) is 16.1. The minimum Gasteiger partial charge on any atom is -0.381 e. The van der Waals surface area contributed by atoms with Crippen LogP contribution in [0.3, 0.4) is 0 Å². The van der Waals surface area contributed by atoms with Crippen molar-refractivity contribution in [3.63, 3.8) is 0 Å². The summed E-state index contributed by atoms with van der Waals surface area (Å²) in [7, 11) is 0. The first-order valence-electron chi connectivity index (χ1n) is 17.7. The molecule has 8 nitrogen and oxygen atoms in total. The van der Waals surface area contributed by atoms with Gasteiger partial charge in [-0.1, -0.05) is 30.3 Å². The molecule has 5 heterocycles. The lowest BCUT2D eigenvalue weighted by atomic mass is 9.73. The maximum Gasteiger partial charge on any atom is 0.259 e. The highest BCUT2D eigenvalue weighted by Crippen LogP contribution is 2.44. The van der Waals surface area contributed by atoms with E-state index < -0.39 is 0 Å². The molecular weight excluding hydrogens is 676 g/mol. The molecule has 8 rings (SSSR count). The van der Waals surface area contributed by atoms with Crippen molar-refractivity contribution in [3.05, 3.63) is 129 Å². The highest BCUT2D eigenvalue weighted by atomic mass is 32.1. The number of halogens is 1. The first kappa shape index (κ1) is 33.9. The van der Waals surface area contributed by atoms with Crippen molar-refractivity contribution in [2.75, 3.05) is 48.0 Å². The maximum atomic E-state index is 14.5. The number of Topliss-reactive ketones (excluding diaryl/α,β-unsaturated/α-hetero) is 1. The molecule has 2 amide bonds. The minimum absolute atomic E-state index is 0.00108. The van der Waals surface area contributed by atoms with E-state index >= 15 is 0 Å². The second kappa shape index (κ2) is 13.7. The second-order valence-electron chi connectivity index (χ2n) is 14.2. The standard InChI is InChI=1S/C42H39FN4O4S/c1-26-20-33(39(44-23-26)46-24-42(25-46)15-18-51-19-16-42)40(49)45-30-12-10-28(11-13-30)41(50)47-17-14-29-21-37(52-38(29)31-7-3-4-9-35(31)47)36(48)22-32-27(2)6-5-8-34(32)43/h3-13,20-21,23H,14-19,22,24-25H2,1-2H3,(H,45,49). The third-order valence-corrected chi connectivity index (χ3v) is 11.9. The molecule has 52 heavy (non-hydrogen) atoms. The number of benzene rings is 3. The fourth-order valence-corrected chi connectivity index (χ4v) is 8.83. The molecule has 1 N–H and O–H groups in total. The van der Waals surface area contributed by atoms with Crippen LogP contribution in [0.25, 0.3) is 10.4 Å². The van der Waals surface area contributed by atoms with Gasteiger partial charge in [-0.15, -0.1) is 11.3 Å². The highest BCUT2D eigenvalue weighted by Gasteiger charge is 2.45. The number of amides is 2. The van der Waals surface area contributed by atoms with Gasteiger partial charge >= 0.3 is 0 Å². The Hall–Kier alpha value is -5.19. The molecule has 0 bridgehead atoms. The predicted octanol–water partition coefficient (Wildman–Crippen LogP) is 8.06. The van der Waals surface area contributed by atoms with E-state index in [1.165, 1.54) is 17.4 Å². The molecule has 1 spiro atoms. The van der Waals surface area contributed by atoms with E-state index in [0.29, 0.717) is 46.0 Å². The molecule has 0 aliphatic carbocycles. The SMILES string of the molecule is Cc1cnc(N2CC3(CCOCC3)C2)c(C(=O)Nc2ccc(C(=O)N3CCc4cc(C(=O)Cc5c(C)cccc5F)sc4-c4ccccc43)cc2)c1. The second-order valence-corrected chi connectivity index (χ2v) is 15.3. The van der Waals surface area contributed by atoms with Gasteiger partial charge in [0.15, 0.2) is 5.78 Å². The number of nitrogens with zero attached hydrogens (tertiary/aromatic N) is 3. The molecule has 264 valence electrons. The number of aromatic nitrogens is 1. The summed E-state index contributed by atoms with van der Waals surface area (Å²) in [5, 5.41) is 3.02. The van der Waals surface area contributed by atoms with Crippen molar-refractivity contribution in [1.29, 1.82) is 0 Å². The van der Waals surface area contributed by atoms with Gasteiger partial charge in [-0.2, -0.15) is 0 Å². The van der Waals surface area contributed by atoms with Gasteiger partial charge in [-0.25, -0.2) is 9.37 Å². The number of thiophene rings is 1. The van der Waals surface area contributed by atoms with Crippen LogP contribution < -0.4 is 15.1 Å². The zero-order valence-electron chi connectivity index (χ0n) is 29.2. The van der Waals surface area contributed by atoms with E-state index in [1.807, 2.05) is 56.3 Å². The monoisotopic (exact) mass is 714 g/mol. The van der Waals surface area contributed by atoms with Crippen molar-refractivity contribution < 1.29 is 23.5 Å². The molecule has 10 heteroatoms. The molecule has 3 aromatic carbocycles. The lowest BCUT2D eigenvalue weighted by Gasteiger charge is -2.53. The van der Waals surface area contributed by atoms with Gasteiger partial charge < -0.3 is 19.9 Å². The van der Waals surface area contributed by atoms with E-state index in [0.717, 1.165) is 72.0 Å². The number of hydrogen-bond donors (Lipinski definition) is 1. The number of para-hydroxylation sites is 1. The Morgan fingerprint density at radius 2 is 1.73 bits per heavy atom. The summed E-state index contributed by atoms with van der Waals surface area (Å²) in [6.07, 6.45) is 4.42. The first-order chi connectivity index (χ1) is 25.2. The van der Waals surface area contributed by atoms with Crippen molar-refractivity contribution >= 4 is 46.1 Å². The summed E-state index contributed by atoms with van der Waals surface area (Å²) in [6.45, 7) is 7.46. The number of ether oxygens (including phenoxy) is 1. The molecule has 0 unspecified atom stereocenters. The van der Waals surface area contributed by atoms with Crippen LogP contribution in [0.2, 0.25) is 0 Å². The van der Waals surface area contributed by atoms with Gasteiger partial charge in [-0.3, -0.25) is 14.4 Å². The number of rotatable bonds is 7. The van der Waals surface area contributed by atoms with Crippen LogP contribution >= 0.6 is 11.3 Å². The van der Waals surface area contributed by atoms with E-state index in [9.17, 15) is 18.8 Å². The number of carbonyl (C=O) groups is 3. The van der Waals surface area contributed by atoms with Crippen molar-refractivity contribution in [3.8, 4) is 10.4 Å². The largest absolute Gasteiger partial charge is 0.381 e. The van der Waals surface area contributed by atoms with Gasteiger partial charge in [-0.05, 0) is 104 Å². The number of hydrogen-bond acceptors (Lipinski definition) is 7. The number of fused-ring (bicyclic) bond motifs is 3. The fraction of sp³-hybridized carbons (Fsp3) is 0.286. The van der Waals surface area contributed by atoms with Gasteiger partial charge in [0.2, 0.25) is 0 Å². The number of aryl methyl sites for hydroxylation is 2. The molecule has 2 saturated heterocycles. The quantitative estimate of drug-likeness (QED) is 0.172. The van der Waals surface area contributed by atoms with Crippen LogP contribution in [0.5, 0.6) is 0 Å². The van der Waals surface area contributed by atoms with Crippen molar-refractivity contribution in [2.45, 2.75) is 39.5 Å². The van der Waals surface area contributed by atoms with Gasteiger partial charge in [0.25, 0.3) is 11.8 Å². The van der Waals surface area contributed by atoms with E-state index in [1.54, 1.807) is 41.4 Å². The summed E-state index contributed by atoms with van der Waals surface area (Å²) >= 11 is 1.40. The molecule has 3 aliphatic rings. The number of pyridine rings is 1. The van der Waals surface area contributed by atoms with E-state index in [-0.39, 0.29) is 35.3 Å². The van der Waals surface area contributed by atoms with Gasteiger partial charge in [0, 0.05) is 72.6 Å². The first-order valence-corrected chi connectivity index (χ1v) is 18.5. The lowest BCUT2D eigenvalue weighted by molar-refractivity contribution is -0.000511. The van der Waals surface area contributed by atoms with Crippen LogP contribution in [0.4, 0.5) is 21.6 Å². The third-order valence-electron chi connectivity index (χ3n) is 10.6. The smallest absolute Gasteiger partial charge is 0.259 e. The average molecular weight is 715 g/mol. The van der Waals surface area contributed by atoms with Crippen molar-refractivity contribution in [2.24, 2.45) is 5.41 Å². The Morgan fingerprint density at radius 1 is 0.962 bits per heavy atom. The number of ketones is 1. The van der Waals surface area contributed by atoms with E-state index in [4.69, 9.17) is 4.74 Å². The predicted molar refractivity (Wildman–Crippen MR) is 202 cm³/mol.